The Labute approximate surface area is 186 Å². The molecule has 3 aromatic rings. The van der Waals surface area contributed by atoms with E-state index in [1.165, 1.54) is 12.1 Å². The predicted molar refractivity (Wildman–Crippen MR) is 114 cm³/mol. The first-order chi connectivity index (χ1) is 15.2. The molecule has 2 aliphatic rings. The molecule has 7 nitrogen and oxygen atoms in total. The van der Waals surface area contributed by atoms with E-state index in [1.807, 2.05) is 6.92 Å². The van der Waals surface area contributed by atoms with Crippen molar-refractivity contribution in [2.45, 2.75) is 25.6 Å². The van der Waals surface area contributed by atoms with Gasteiger partial charge in [0.15, 0.2) is 16.8 Å². The van der Waals surface area contributed by atoms with E-state index >= 15 is 0 Å². The molecule has 1 aliphatic carbocycles. The summed E-state index contributed by atoms with van der Waals surface area (Å²) in [5.74, 6) is -1.96. The molecule has 0 spiro atoms. The van der Waals surface area contributed by atoms with Crippen molar-refractivity contribution in [3.05, 3.63) is 86.2 Å². The lowest BCUT2D eigenvalue weighted by atomic mass is 9.91. The predicted octanol–water partition coefficient (Wildman–Crippen LogP) is 4.15. The van der Waals surface area contributed by atoms with Crippen molar-refractivity contribution in [2.24, 2.45) is 0 Å². The van der Waals surface area contributed by atoms with Crippen LogP contribution in [0, 0.1) is 0 Å². The first kappa shape index (κ1) is 20.4. The Morgan fingerprint density at radius 1 is 1.12 bits per heavy atom. The van der Waals surface area contributed by atoms with Gasteiger partial charge in [-0.3, -0.25) is 14.4 Å². The van der Waals surface area contributed by atoms with E-state index < -0.39 is 28.6 Å². The zero-order valence-electron chi connectivity index (χ0n) is 16.9. The maximum atomic E-state index is 13.1. The number of Topliss-reactive ketones (excluding diaryl/α,β-unsaturated/α-hetero) is 1. The summed E-state index contributed by atoms with van der Waals surface area (Å²) in [6.45, 7) is 3.55. The summed E-state index contributed by atoms with van der Waals surface area (Å²) in [5.41, 5.74) is -1.54. The molecule has 0 saturated carbocycles. The van der Waals surface area contributed by atoms with Crippen LogP contribution in [0.15, 0.2) is 62.8 Å². The summed E-state index contributed by atoms with van der Waals surface area (Å²) in [6, 6.07) is 10.6. The first-order valence-corrected chi connectivity index (χ1v) is 10.1. The lowest BCUT2D eigenvalue weighted by Gasteiger charge is -2.17. The van der Waals surface area contributed by atoms with E-state index in [0.29, 0.717) is 0 Å². The quantitative estimate of drug-likeness (QED) is 0.335. The monoisotopic (exact) mass is 450 g/mol. The fraction of sp³-hybridized carbons (Fsp3) is 0.167. The summed E-state index contributed by atoms with van der Waals surface area (Å²) in [6.07, 6.45) is 0.773. The number of fused-ring (bicyclic) bond motifs is 3. The molecule has 2 aromatic carbocycles. The van der Waals surface area contributed by atoms with Crippen LogP contribution in [0.3, 0.4) is 0 Å². The second-order valence-electron chi connectivity index (χ2n) is 7.78. The zero-order valence-corrected chi connectivity index (χ0v) is 17.7. The van der Waals surface area contributed by atoms with E-state index in [1.54, 1.807) is 37.3 Å². The van der Waals surface area contributed by atoms with Gasteiger partial charge in [-0.05, 0) is 32.0 Å². The molecule has 1 aromatic heterocycles. The molecular weight excluding hydrogens is 436 g/mol. The van der Waals surface area contributed by atoms with Crippen molar-refractivity contribution in [2.75, 3.05) is 0 Å². The third-order valence-corrected chi connectivity index (χ3v) is 6.06. The van der Waals surface area contributed by atoms with E-state index in [4.69, 9.17) is 25.5 Å². The minimum atomic E-state index is -0.849. The van der Waals surface area contributed by atoms with Crippen molar-refractivity contribution in [1.82, 2.24) is 0 Å². The fourth-order valence-electron chi connectivity index (χ4n) is 3.75. The normalized spacial score (nSPS) is 21.8. The average molecular weight is 451 g/mol. The van der Waals surface area contributed by atoms with Gasteiger partial charge >= 0.3 is 5.97 Å². The van der Waals surface area contributed by atoms with Crippen LogP contribution in [0.4, 0.5) is 0 Å². The zero-order chi connectivity index (χ0) is 22.8. The van der Waals surface area contributed by atoms with E-state index in [9.17, 15) is 19.2 Å². The standard InChI is InChI=1S/C24H15ClO7/c1-11-24(2,32-11)18-10-16(27)20-17(30-23(29)12-6-4-3-5-7-12)8-13-15(26)9-14(25)21(28)19(13)22(20)31-18/h3-11H,1-2H3. The van der Waals surface area contributed by atoms with E-state index in [2.05, 4.69) is 0 Å². The van der Waals surface area contributed by atoms with Crippen LogP contribution in [0.1, 0.15) is 50.7 Å². The summed E-state index contributed by atoms with van der Waals surface area (Å²) >= 11 is 5.96. The van der Waals surface area contributed by atoms with Crippen LogP contribution < -0.4 is 10.2 Å². The molecule has 32 heavy (non-hydrogen) atoms. The Hall–Kier alpha value is -3.55. The molecule has 2 unspecified atom stereocenters. The fourth-order valence-corrected chi connectivity index (χ4v) is 3.94. The van der Waals surface area contributed by atoms with Gasteiger partial charge in [0.05, 0.1) is 22.3 Å². The third-order valence-electron chi connectivity index (χ3n) is 5.77. The molecule has 160 valence electrons. The Morgan fingerprint density at radius 2 is 1.81 bits per heavy atom. The highest BCUT2D eigenvalue weighted by Gasteiger charge is 2.53. The van der Waals surface area contributed by atoms with Gasteiger partial charge in [-0.15, -0.1) is 0 Å². The summed E-state index contributed by atoms with van der Waals surface area (Å²) < 4.78 is 17.0. The second-order valence-corrected chi connectivity index (χ2v) is 8.19. The number of ketones is 2. The highest BCUT2D eigenvalue weighted by molar-refractivity contribution is 6.50. The van der Waals surface area contributed by atoms with Gasteiger partial charge in [0.1, 0.15) is 22.5 Å². The molecule has 0 bridgehead atoms. The van der Waals surface area contributed by atoms with Gasteiger partial charge in [-0.1, -0.05) is 29.8 Å². The molecule has 5 rings (SSSR count). The van der Waals surface area contributed by atoms with Gasteiger partial charge in [-0.25, -0.2) is 4.79 Å². The Bertz CT molecular complexity index is 1430. The van der Waals surface area contributed by atoms with Gasteiger partial charge in [0.2, 0.25) is 5.78 Å². The molecule has 1 aliphatic heterocycles. The van der Waals surface area contributed by atoms with Crippen LogP contribution in [0.25, 0.3) is 11.0 Å². The second kappa shape index (κ2) is 6.98. The minimum Gasteiger partial charge on any atom is -0.457 e. The van der Waals surface area contributed by atoms with Gasteiger partial charge in [0.25, 0.3) is 0 Å². The summed E-state index contributed by atoms with van der Waals surface area (Å²) in [5, 5.41) is -0.436. The van der Waals surface area contributed by atoms with Crippen LogP contribution >= 0.6 is 11.6 Å². The number of hydrogen-bond donors (Lipinski definition) is 0. The van der Waals surface area contributed by atoms with Crippen LogP contribution in [0.5, 0.6) is 5.75 Å². The van der Waals surface area contributed by atoms with Crippen molar-refractivity contribution in [3.63, 3.8) is 0 Å². The van der Waals surface area contributed by atoms with E-state index in [0.717, 1.165) is 6.08 Å². The largest absolute Gasteiger partial charge is 0.457 e. The Morgan fingerprint density at radius 3 is 2.47 bits per heavy atom. The Balaban J connectivity index is 1.77. The molecular formula is C24H15ClO7. The lowest BCUT2D eigenvalue weighted by Crippen LogP contribution is -2.20. The molecule has 1 saturated heterocycles. The molecule has 0 radical (unpaired) electrons. The molecule has 2 atom stereocenters. The minimum absolute atomic E-state index is 0.0713. The maximum absolute atomic E-state index is 13.1. The number of carbonyl (C=O) groups excluding carboxylic acids is 3. The molecule has 8 heteroatoms. The first-order valence-electron chi connectivity index (χ1n) is 9.77. The molecule has 2 heterocycles. The number of rotatable bonds is 3. The number of halogens is 1. The number of epoxide rings is 1. The number of carbonyl (C=O) groups is 3. The lowest BCUT2D eigenvalue weighted by molar-refractivity contribution is 0.0736. The van der Waals surface area contributed by atoms with Crippen molar-refractivity contribution in [3.8, 4) is 5.75 Å². The molecule has 1 fully saturated rings. The number of hydrogen-bond acceptors (Lipinski definition) is 7. The average Bonchev–Trinajstić information content (AvgIpc) is 3.39. The van der Waals surface area contributed by atoms with Gasteiger partial charge < -0.3 is 13.9 Å². The van der Waals surface area contributed by atoms with Crippen LogP contribution in [0.2, 0.25) is 0 Å². The van der Waals surface area contributed by atoms with Gasteiger partial charge in [0, 0.05) is 17.7 Å². The van der Waals surface area contributed by atoms with E-state index in [-0.39, 0.29) is 50.3 Å². The molecule has 0 N–H and O–H groups in total. The highest BCUT2D eigenvalue weighted by Crippen LogP contribution is 2.46. The smallest absolute Gasteiger partial charge is 0.343 e. The van der Waals surface area contributed by atoms with Crippen LogP contribution in [-0.2, 0) is 10.3 Å². The maximum Gasteiger partial charge on any atom is 0.343 e. The topological polar surface area (TPSA) is 103 Å². The third kappa shape index (κ3) is 3.01. The van der Waals surface area contributed by atoms with Crippen molar-refractivity contribution < 1.29 is 28.3 Å². The van der Waals surface area contributed by atoms with Crippen molar-refractivity contribution >= 4 is 40.1 Å². The van der Waals surface area contributed by atoms with Gasteiger partial charge in [-0.2, -0.15) is 0 Å². The molecule has 0 amide bonds. The van der Waals surface area contributed by atoms with Crippen molar-refractivity contribution in [1.29, 1.82) is 0 Å². The highest BCUT2D eigenvalue weighted by atomic mass is 35.5. The SMILES string of the molecule is CC1OC1(C)c1cc(=O)c2c(OC(=O)c3ccccc3)cc3c(c2o1)C(=O)C(Cl)=CC3=O. The number of benzene rings is 2. The number of ether oxygens (including phenoxy) is 2. The number of allylic oxidation sites excluding steroid dienone is 2. The summed E-state index contributed by atoms with van der Waals surface area (Å²) in [7, 11) is 0. The summed E-state index contributed by atoms with van der Waals surface area (Å²) in [4.78, 5) is 51.2. The van der Waals surface area contributed by atoms with Crippen LogP contribution in [-0.4, -0.2) is 23.6 Å². The Kier molecular flexibility index (Phi) is 4.44. The number of esters is 1.